The first-order valence-corrected chi connectivity index (χ1v) is 20.8. The summed E-state index contributed by atoms with van der Waals surface area (Å²) in [5.74, 6) is 0.449. The zero-order chi connectivity index (χ0) is 38.0. The van der Waals surface area contributed by atoms with Gasteiger partial charge in [-0.3, -0.25) is 0 Å². The Labute approximate surface area is 326 Å². The topological polar surface area (TPSA) is 38.9 Å². The number of furan rings is 1. The molecule has 0 N–H and O–H groups in total. The number of nitrogens with zero attached hydrogens (tertiary/aromatic N) is 2. The van der Waals surface area contributed by atoms with Gasteiger partial charge in [0.15, 0.2) is 0 Å². The molecule has 0 aliphatic carbocycles. The van der Waals surface area contributed by atoms with E-state index in [1.165, 1.54) is 16.3 Å². The van der Waals surface area contributed by atoms with Crippen LogP contribution in [0, 0.1) is 19.0 Å². The molecule has 0 atom stereocenters. The summed E-state index contributed by atoms with van der Waals surface area (Å²) in [5, 5.41) is 3.51. The van der Waals surface area contributed by atoms with Crippen molar-refractivity contribution in [1.29, 1.82) is 0 Å². The molecule has 0 bridgehead atoms. The summed E-state index contributed by atoms with van der Waals surface area (Å²) in [5.41, 5.74) is 10.7. The number of benzene rings is 5. The van der Waals surface area contributed by atoms with E-state index in [4.69, 9.17) is 8.53 Å². The molecule has 3 heterocycles. The normalized spacial score (nSPS) is 12.4. The minimum absolute atomic E-state index is 0. The second-order valence-corrected chi connectivity index (χ2v) is 19.2. The third-order valence-electron chi connectivity index (χ3n) is 9.19. The molecule has 5 heteroatoms. The molecule has 0 unspecified atom stereocenters. The van der Waals surface area contributed by atoms with E-state index < -0.39 is 14.9 Å². The Kier molecular flexibility index (Phi) is 9.98. The Bertz CT molecular complexity index is 2540. The standard InChI is InChI=1S/C26H20NO.C21H22NSi.Ir/c1-17(2)19-13-14-27-24(15-19)23-10-6-9-22-21-12-11-20(16-25(21)28-26(22)23)18-7-4-3-5-8-18;1-16-10-11-18(14-20(16)17-8-6-5-7-9-17)21-13-12-19(15-22-21)23(2,3)4;/h3-9,11-17H,1-2H3;5-10,12-15H,1-4H3;/q2*-1;/i;1D3;. The van der Waals surface area contributed by atoms with E-state index in [-0.39, 0.29) is 20.1 Å². The van der Waals surface area contributed by atoms with Crippen molar-refractivity contribution in [1.82, 2.24) is 9.97 Å². The minimum atomic E-state index is -2.19. The van der Waals surface area contributed by atoms with Crippen LogP contribution < -0.4 is 5.19 Å². The molecular formula is C47H42IrN2OSi-2. The minimum Gasteiger partial charge on any atom is -0.501 e. The number of fused-ring (bicyclic) bond motifs is 3. The first kappa shape index (κ1) is 32.9. The van der Waals surface area contributed by atoms with Gasteiger partial charge in [0.05, 0.1) is 13.7 Å². The number of pyridine rings is 2. The van der Waals surface area contributed by atoms with Gasteiger partial charge in [-0.2, -0.15) is 0 Å². The van der Waals surface area contributed by atoms with Crippen molar-refractivity contribution in [3.8, 4) is 44.8 Å². The maximum Gasteiger partial charge on any atom is 0.121 e. The average molecular weight is 874 g/mol. The Balaban J connectivity index is 0.000000184. The maximum atomic E-state index is 7.84. The van der Waals surface area contributed by atoms with Gasteiger partial charge in [0.2, 0.25) is 0 Å². The van der Waals surface area contributed by atoms with Gasteiger partial charge in [0.1, 0.15) is 5.58 Å². The Morgan fingerprint density at radius 2 is 1.46 bits per heavy atom. The summed E-state index contributed by atoms with van der Waals surface area (Å²) in [6.07, 6.45) is 3.81. The van der Waals surface area contributed by atoms with Crippen LogP contribution in [0.3, 0.4) is 0 Å². The van der Waals surface area contributed by atoms with E-state index in [1.54, 1.807) is 6.07 Å². The van der Waals surface area contributed by atoms with Crippen LogP contribution in [0.4, 0.5) is 0 Å². The molecule has 0 spiro atoms. The number of hydrogen-bond acceptors (Lipinski definition) is 3. The molecule has 5 aromatic carbocycles. The number of aryl methyl sites for hydroxylation is 1. The van der Waals surface area contributed by atoms with Crippen LogP contribution in [-0.4, -0.2) is 18.0 Å². The van der Waals surface area contributed by atoms with E-state index in [2.05, 4.69) is 122 Å². The molecule has 0 saturated heterocycles. The van der Waals surface area contributed by atoms with E-state index in [0.29, 0.717) is 17.0 Å². The smallest absolute Gasteiger partial charge is 0.121 e. The van der Waals surface area contributed by atoms with E-state index in [9.17, 15) is 0 Å². The molecule has 0 aliphatic rings. The van der Waals surface area contributed by atoms with Crippen molar-refractivity contribution in [2.24, 2.45) is 0 Å². The van der Waals surface area contributed by atoms with Gasteiger partial charge in [-0.25, -0.2) is 0 Å². The zero-order valence-corrected chi connectivity index (χ0v) is 33.4. The van der Waals surface area contributed by atoms with Crippen molar-refractivity contribution < 1.29 is 28.6 Å². The zero-order valence-electron chi connectivity index (χ0n) is 33.0. The van der Waals surface area contributed by atoms with Gasteiger partial charge < -0.3 is 14.4 Å². The van der Waals surface area contributed by atoms with Crippen molar-refractivity contribution in [3.63, 3.8) is 0 Å². The maximum absolute atomic E-state index is 7.84. The first-order valence-electron chi connectivity index (χ1n) is 18.8. The largest absolute Gasteiger partial charge is 0.501 e. The average Bonchev–Trinajstić information content (AvgIpc) is 3.56. The van der Waals surface area contributed by atoms with Crippen LogP contribution in [0.1, 0.15) is 35.0 Å². The quantitative estimate of drug-likeness (QED) is 0.123. The van der Waals surface area contributed by atoms with E-state index in [1.807, 2.05) is 67.0 Å². The van der Waals surface area contributed by atoms with Gasteiger partial charge in [0.25, 0.3) is 0 Å². The number of rotatable bonds is 6. The second kappa shape index (κ2) is 15.8. The molecule has 0 amide bonds. The van der Waals surface area contributed by atoms with Crippen LogP contribution >= 0.6 is 0 Å². The number of aromatic nitrogens is 2. The van der Waals surface area contributed by atoms with Gasteiger partial charge in [-0.05, 0) is 51.3 Å². The Morgan fingerprint density at radius 3 is 2.13 bits per heavy atom. The van der Waals surface area contributed by atoms with Crippen LogP contribution in [0.5, 0.6) is 0 Å². The van der Waals surface area contributed by atoms with Gasteiger partial charge in [-0.1, -0.05) is 153 Å². The van der Waals surface area contributed by atoms with Gasteiger partial charge >= 0.3 is 0 Å². The summed E-state index contributed by atoms with van der Waals surface area (Å²) in [6, 6.07) is 48.7. The summed E-state index contributed by atoms with van der Waals surface area (Å²) >= 11 is 0. The molecule has 0 fully saturated rings. The monoisotopic (exact) mass is 874 g/mol. The van der Waals surface area contributed by atoms with Crippen molar-refractivity contribution in [3.05, 3.63) is 163 Å². The van der Waals surface area contributed by atoms with Crippen molar-refractivity contribution in [2.45, 2.75) is 46.3 Å². The molecule has 0 aliphatic heterocycles. The predicted octanol–water partition coefficient (Wildman–Crippen LogP) is 12.3. The summed E-state index contributed by atoms with van der Waals surface area (Å²) in [7, 11) is -1.40. The Morgan fingerprint density at radius 1 is 0.712 bits per heavy atom. The fraction of sp³-hybridized carbons (Fsp3) is 0.149. The fourth-order valence-electron chi connectivity index (χ4n) is 6.18. The van der Waals surface area contributed by atoms with Crippen LogP contribution in [0.25, 0.3) is 66.7 Å². The fourth-order valence-corrected chi connectivity index (χ4v) is 7.21. The third kappa shape index (κ3) is 7.93. The molecule has 52 heavy (non-hydrogen) atoms. The summed E-state index contributed by atoms with van der Waals surface area (Å²) < 4.78 is 29.8. The summed E-state index contributed by atoms with van der Waals surface area (Å²) in [6.45, 7) is 9.05. The van der Waals surface area contributed by atoms with Crippen LogP contribution in [0.2, 0.25) is 19.6 Å². The van der Waals surface area contributed by atoms with Crippen LogP contribution in [0.15, 0.2) is 144 Å². The molecule has 3 aromatic heterocycles. The van der Waals surface area contributed by atoms with Gasteiger partial charge in [-0.15, -0.1) is 47.5 Å². The molecule has 261 valence electrons. The molecule has 3 nitrogen and oxygen atoms in total. The van der Waals surface area contributed by atoms with Crippen molar-refractivity contribution in [2.75, 3.05) is 0 Å². The van der Waals surface area contributed by atoms with Crippen molar-refractivity contribution >= 4 is 35.2 Å². The molecular weight excluding hydrogens is 829 g/mol. The van der Waals surface area contributed by atoms with E-state index >= 15 is 0 Å². The molecule has 1 radical (unpaired) electrons. The Hall–Kier alpha value is -4.93. The van der Waals surface area contributed by atoms with Gasteiger partial charge in [0, 0.05) is 42.0 Å². The second-order valence-electron chi connectivity index (χ2n) is 14.1. The number of hydrogen-bond donors (Lipinski definition) is 0. The predicted molar refractivity (Wildman–Crippen MR) is 217 cm³/mol. The third-order valence-corrected chi connectivity index (χ3v) is 11.2. The SMILES string of the molecule is CC(C)c1ccnc(-c2[c-]ccc3c2oc2cc(-c4ccccc4)ccc23)c1.[2H]C([2H])([2H])c1c[c-]c(-c2ccc([Si](C)(C)C)cn2)cc1-c1ccccc1.[Ir]. The first-order chi connectivity index (χ1) is 25.9. The molecule has 0 saturated carbocycles. The summed E-state index contributed by atoms with van der Waals surface area (Å²) in [4.78, 5) is 9.19. The molecule has 8 rings (SSSR count). The van der Waals surface area contributed by atoms with Crippen LogP contribution in [-0.2, 0) is 20.1 Å². The molecule has 8 aromatic rings. The van der Waals surface area contributed by atoms with E-state index in [0.717, 1.165) is 55.6 Å².